The number of aromatic nitrogens is 3. The molecular weight excluding hydrogens is 324 g/mol. The first-order valence-corrected chi connectivity index (χ1v) is 9.26. The van der Waals surface area contributed by atoms with Gasteiger partial charge < -0.3 is 9.42 Å². The Hall–Kier alpha value is -1.89. The smallest absolute Gasteiger partial charge is 0.232 e. The van der Waals surface area contributed by atoms with Crippen LogP contribution in [0.25, 0.3) is 0 Å². The van der Waals surface area contributed by atoms with Crippen LogP contribution in [0.4, 0.5) is 0 Å². The molecule has 24 heavy (non-hydrogen) atoms. The predicted molar refractivity (Wildman–Crippen MR) is 91.9 cm³/mol. The third-order valence-corrected chi connectivity index (χ3v) is 5.11. The number of piperidine rings is 1. The van der Waals surface area contributed by atoms with Gasteiger partial charge in [-0.3, -0.25) is 9.78 Å². The van der Waals surface area contributed by atoms with E-state index in [1.807, 2.05) is 30.9 Å². The minimum atomic E-state index is 0.147. The molecule has 1 aliphatic rings. The highest BCUT2D eigenvalue weighted by molar-refractivity contribution is 8.00. The highest BCUT2D eigenvalue weighted by atomic mass is 32.2. The van der Waals surface area contributed by atoms with Crippen LogP contribution in [0.15, 0.2) is 33.9 Å². The lowest BCUT2D eigenvalue weighted by atomic mass is 9.98. The summed E-state index contributed by atoms with van der Waals surface area (Å²) < 4.78 is 5.41. The van der Waals surface area contributed by atoms with Crippen molar-refractivity contribution in [1.29, 1.82) is 0 Å². The molecule has 3 heterocycles. The normalized spacial score (nSPS) is 18.1. The number of pyridine rings is 1. The standard InChI is InChI=1S/C17H22N4O2S/c1-12(2)16-19-17(23-20-16)13-4-3-9-21(10-13)15(22)11-24-14-5-7-18-8-6-14/h5-8,12-13H,3-4,9-11H2,1-2H3. The van der Waals surface area contributed by atoms with Crippen molar-refractivity contribution < 1.29 is 9.32 Å². The van der Waals surface area contributed by atoms with Crippen molar-refractivity contribution in [1.82, 2.24) is 20.0 Å². The molecule has 1 amide bonds. The lowest BCUT2D eigenvalue weighted by Gasteiger charge is -2.31. The van der Waals surface area contributed by atoms with Gasteiger partial charge in [-0.15, -0.1) is 11.8 Å². The van der Waals surface area contributed by atoms with Crippen LogP contribution in [0.3, 0.4) is 0 Å². The summed E-state index contributed by atoms with van der Waals surface area (Å²) >= 11 is 1.54. The van der Waals surface area contributed by atoms with E-state index in [1.54, 1.807) is 24.2 Å². The largest absolute Gasteiger partial charge is 0.341 e. The first-order valence-electron chi connectivity index (χ1n) is 8.27. The second-order valence-corrected chi connectivity index (χ2v) is 7.34. The Kier molecular flexibility index (Phi) is 5.50. The highest BCUT2D eigenvalue weighted by Gasteiger charge is 2.28. The van der Waals surface area contributed by atoms with Crippen LogP contribution in [0.2, 0.25) is 0 Å². The number of carbonyl (C=O) groups is 1. The maximum Gasteiger partial charge on any atom is 0.232 e. The van der Waals surface area contributed by atoms with Gasteiger partial charge in [-0.2, -0.15) is 4.98 Å². The van der Waals surface area contributed by atoms with Gasteiger partial charge in [0.05, 0.1) is 11.7 Å². The van der Waals surface area contributed by atoms with Crippen molar-refractivity contribution in [3.63, 3.8) is 0 Å². The lowest BCUT2D eigenvalue weighted by Crippen LogP contribution is -2.40. The van der Waals surface area contributed by atoms with Crippen molar-refractivity contribution in [3.8, 4) is 0 Å². The number of hydrogen-bond acceptors (Lipinski definition) is 6. The van der Waals surface area contributed by atoms with E-state index >= 15 is 0 Å². The maximum absolute atomic E-state index is 12.5. The van der Waals surface area contributed by atoms with Gasteiger partial charge >= 0.3 is 0 Å². The molecule has 1 aliphatic heterocycles. The molecule has 1 unspecified atom stereocenters. The van der Waals surface area contributed by atoms with Gasteiger partial charge in [-0.1, -0.05) is 19.0 Å². The summed E-state index contributed by atoms with van der Waals surface area (Å²) in [5, 5.41) is 4.04. The van der Waals surface area contributed by atoms with Crippen molar-refractivity contribution in [2.75, 3.05) is 18.8 Å². The van der Waals surface area contributed by atoms with E-state index in [1.165, 1.54) is 0 Å². The van der Waals surface area contributed by atoms with Gasteiger partial charge in [0, 0.05) is 36.3 Å². The molecule has 2 aromatic heterocycles. The number of amides is 1. The summed E-state index contributed by atoms with van der Waals surface area (Å²) in [5.41, 5.74) is 0. The van der Waals surface area contributed by atoms with E-state index in [4.69, 9.17) is 4.52 Å². The Labute approximate surface area is 146 Å². The fraction of sp³-hybridized carbons (Fsp3) is 0.529. The fourth-order valence-electron chi connectivity index (χ4n) is 2.72. The molecule has 0 bridgehead atoms. The highest BCUT2D eigenvalue weighted by Crippen LogP contribution is 2.27. The third kappa shape index (κ3) is 4.14. The molecule has 0 saturated carbocycles. The summed E-state index contributed by atoms with van der Waals surface area (Å²) in [5.74, 6) is 2.40. The third-order valence-electron chi connectivity index (χ3n) is 4.11. The van der Waals surface area contributed by atoms with Crippen molar-refractivity contribution in [2.24, 2.45) is 0 Å². The number of rotatable bonds is 5. The lowest BCUT2D eigenvalue weighted by molar-refractivity contribution is -0.129. The van der Waals surface area contributed by atoms with E-state index in [9.17, 15) is 4.79 Å². The van der Waals surface area contributed by atoms with E-state index in [0.717, 1.165) is 30.1 Å². The quantitative estimate of drug-likeness (QED) is 0.775. The summed E-state index contributed by atoms with van der Waals surface area (Å²) in [6.07, 6.45) is 5.44. The fourth-order valence-corrected chi connectivity index (χ4v) is 3.51. The molecule has 3 rings (SSSR count). The minimum absolute atomic E-state index is 0.147. The number of likely N-dealkylation sites (tertiary alicyclic amines) is 1. The predicted octanol–water partition coefficient (Wildman–Crippen LogP) is 3.09. The maximum atomic E-state index is 12.5. The molecule has 0 N–H and O–H groups in total. The minimum Gasteiger partial charge on any atom is -0.341 e. The number of thioether (sulfide) groups is 1. The van der Waals surface area contributed by atoms with E-state index in [2.05, 4.69) is 15.1 Å². The molecule has 128 valence electrons. The van der Waals surface area contributed by atoms with E-state index < -0.39 is 0 Å². The van der Waals surface area contributed by atoms with Gasteiger partial charge in [0.25, 0.3) is 0 Å². The molecule has 1 fully saturated rings. The van der Waals surface area contributed by atoms with Crippen LogP contribution in [0.1, 0.15) is 50.2 Å². The molecular formula is C17H22N4O2S. The van der Waals surface area contributed by atoms with Gasteiger partial charge in [-0.25, -0.2) is 0 Å². The van der Waals surface area contributed by atoms with Crippen molar-refractivity contribution >= 4 is 17.7 Å². The summed E-state index contributed by atoms with van der Waals surface area (Å²) in [4.78, 5) is 23.9. The second kappa shape index (κ2) is 7.79. The molecule has 0 spiro atoms. The molecule has 1 atom stereocenters. The molecule has 0 radical (unpaired) electrons. The van der Waals surface area contributed by atoms with Crippen LogP contribution < -0.4 is 0 Å². The second-order valence-electron chi connectivity index (χ2n) is 6.30. The molecule has 0 aliphatic carbocycles. The number of nitrogens with zero attached hydrogens (tertiary/aromatic N) is 4. The average Bonchev–Trinajstić information content (AvgIpc) is 3.11. The number of carbonyl (C=O) groups excluding carboxylic acids is 1. The van der Waals surface area contributed by atoms with Crippen LogP contribution in [-0.4, -0.2) is 44.8 Å². The molecule has 1 saturated heterocycles. The molecule has 0 aromatic carbocycles. The first kappa shape index (κ1) is 17.0. The van der Waals surface area contributed by atoms with Crippen LogP contribution >= 0.6 is 11.8 Å². The van der Waals surface area contributed by atoms with Gasteiger partial charge in [0.2, 0.25) is 11.8 Å². The monoisotopic (exact) mass is 346 g/mol. The van der Waals surface area contributed by atoms with Crippen LogP contribution in [0.5, 0.6) is 0 Å². The zero-order valence-corrected chi connectivity index (χ0v) is 14.8. The Morgan fingerprint density at radius 3 is 2.92 bits per heavy atom. The van der Waals surface area contributed by atoms with E-state index in [0.29, 0.717) is 18.2 Å². The Bertz CT molecular complexity index is 674. The molecule has 7 heteroatoms. The topological polar surface area (TPSA) is 72.1 Å². The molecule has 6 nitrogen and oxygen atoms in total. The SMILES string of the molecule is CC(C)c1noc(C2CCCN(C(=O)CSc3ccncc3)C2)n1. The van der Waals surface area contributed by atoms with Gasteiger partial charge in [0.15, 0.2) is 5.82 Å². The zero-order chi connectivity index (χ0) is 16.9. The van der Waals surface area contributed by atoms with Crippen LogP contribution in [0, 0.1) is 0 Å². The van der Waals surface area contributed by atoms with Gasteiger partial charge in [0.1, 0.15) is 0 Å². The van der Waals surface area contributed by atoms with Crippen molar-refractivity contribution in [2.45, 2.75) is 43.4 Å². The van der Waals surface area contributed by atoms with Crippen molar-refractivity contribution in [3.05, 3.63) is 36.2 Å². The zero-order valence-electron chi connectivity index (χ0n) is 14.0. The Morgan fingerprint density at radius 2 is 2.21 bits per heavy atom. The Balaban J connectivity index is 1.57. The summed E-state index contributed by atoms with van der Waals surface area (Å²) in [7, 11) is 0. The molecule has 2 aromatic rings. The summed E-state index contributed by atoms with van der Waals surface area (Å²) in [6, 6.07) is 3.84. The average molecular weight is 346 g/mol. The van der Waals surface area contributed by atoms with Crippen LogP contribution in [-0.2, 0) is 4.79 Å². The summed E-state index contributed by atoms with van der Waals surface area (Å²) in [6.45, 7) is 5.55. The van der Waals surface area contributed by atoms with E-state index in [-0.39, 0.29) is 17.7 Å². The van der Waals surface area contributed by atoms with Gasteiger partial charge in [-0.05, 0) is 25.0 Å². The number of hydrogen-bond donors (Lipinski definition) is 0. The first-order chi connectivity index (χ1) is 11.6. The Morgan fingerprint density at radius 1 is 1.42 bits per heavy atom.